The molecular formula is C17H27N3O3. The fourth-order valence-electron chi connectivity index (χ4n) is 5.04. The largest absolute Gasteiger partial charge is 0.368 e. The summed E-state index contributed by atoms with van der Waals surface area (Å²) in [5.74, 6) is 1.40. The van der Waals surface area contributed by atoms with E-state index < -0.39 is 0 Å². The van der Waals surface area contributed by atoms with Crippen LogP contribution in [0.15, 0.2) is 0 Å². The minimum absolute atomic E-state index is 0.0224. The Balaban J connectivity index is 1.32. The van der Waals surface area contributed by atoms with Crippen LogP contribution in [0.3, 0.4) is 0 Å². The van der Waals surface area contributed by atoms with Gasteiger partial charge in [0.25, 0.3) is 5.91 Å². The Morgan fingerprint density at radius 3 is 2.13 bits per heavy atom. The van der Waals surface area contributed by atoms with Crippen molar-refractivity contribution in [2.45, 2.75) is 44.2 Å². The molecule has 2 amide bonds. The molecule has 2 saturated heterocycles. The molecule has 0 aromatic carbocycles. The van der Waals surface area contributed by atoms with Crippen LogP contribution in [-0.2, 0) is 14.3 Å². The molecule has 23 heavy (non-hydrogen) atoms. The second-order valence-corrected chi connectivity index (χ2v) is 7.59. The minimum Gasteiger partial charge on any atom is -0.368 e. The summed E-state index contributed by atoms with van der Waals surface area (Å²) >= 11 is 0. The number of carbonyl (C=O) groups excluding carboxylic acids is 2. The zero-order chi connectivity index (χ0) is 16.0. The number of hydrogen-bond acceptors (Lipinski definition) is 4. The Morgan fingerprint density at radius 2 is 1.57 bits per heavy atom. The molecule has 2 saturated carbocycles. The lowest BCUT2D eigenvalue weighted by Crippen LogP contribution is -2.56. The van der Waals surface area contributed by atoms with E-state index in [4.69, 9.17) is 10.5 Å². The molecule has 0 aromatic heterocycles. The maximum Gasteiger partial charge on any atom is 0.251 e. The first kappa shape index (κ1) is 15.4. The van der Waals surface area contributed by atoms with Crippen LogP contribution in [-0.4, -0.2) is 66.5 Å². The van der Waals surface area contributed by atoms with E-state index in [-0.39, 0.29) is 29.9 Å². The van der Waals surface area contributed by atoms with Crippen LogP contribution >= 0.6 is 0 Å². The fourth-order valence-corrected chi connectivity index (χ4v) is 5.04. The van der Waals surface area contributed by atoms with E-state index in [1.54, 1.807) is 0 Å². The SMILES string of the molecule is NC1C2CCC(C2)C1C(=O)N1CCN(C(=O)C2CCCO2)CC1. The summed E-state index contributed by atoms with van der Waals surface area (Å²) in [5, 5.41) is 0. The van der Waals surface area contributed by atoms with Crippen molar-refractivity contribution in [1.82, 2.24) is 9.80 Å². The first-order chi connectivity index (χ1) is 11.1. The molecule has 4 aliphatic rings. The number of nitrogens with two attached hydrogens (primary N) is 1. The monoisotopic (exact) mass is 321 g/mol. The molecule has 6 heteroatoms. The molecule has 5 atom stereocenters. The molecule has 0 aromatic rings. The summed E-state index contributed by atoms with van der Waals surface area (Å²) in [6.45, 7) is 3.22. The third kappa shape index (κ3) is 2.66. The number of ether oxygens (including phenoxy) is 1. The number of hydrogen-bond donors (Lipinski definition) is 1. The topological polar surface area (TPSA) is 75.9 Å². The molecule has 2 bridgehead atoms. The Kier molecular flexibility index (Phi) is 4.05. The van der Waals surface area contributed by atoms with Crippen LogP contribution in [0, 0.1) is 17.8 Å². The summed E-state index contributed by atoms with van der Waals surface area (Å²) in [6, 6.07) is 0.0489. The highest BCUT2D eigenvalue weighted by molar-refractivity contribution is 5.83. The molecule has 2 aliphatic carbocycles. The Morgan fingerprint density at radius 1 is 0.913 bits per heavy atom. The standard InChI is InChI=1S/C17H27N3O3/c18-15-12-4-3-11(10-12)14(15)17(22)20-7-5-19(6-8-20)16(21)13-2-1-9-23-13/h11-15H,1-10,18H2. The molecule has 2 aliphatic heterocycles. The van der Waals surface area contributed by atoms with Gasteiger partial charge < -0.3 is 20.3 Å². The Hall–Kier alpha value is -1.14. The third-order valence-corrected chi connectivity index (χ3v) is 6.37. The van der Waals surface area contributed by atoms with E-state index in [1.807, 2.05) is 9.80 Å². The predicted octanol–water partition coefficient (Wildman–Crippen LogP) is 0.210. The zero-order valence-electron chi connectivity index (χ0n) is 13.7. The second kappa shape index (κ2) is 6.06. The van der Waals surface area contributed by atoms with Crippen molar-refractivity contribution in [3.8, 4) is 0 Å². The fraction of sp³-hybridized carbons (Fsp3) is 0.882. The Bertz CT molecular complexity index is 481. The molecule has 2 N–H and O–H groups in total. The van der Waals surface area contributed by atoms with Gasteiger partial charge in [-0.3, -0.25) is 9.59 Å². The van der Waals surface area contributed by atoms with Gasteiger partial charge in [-0.2, -0.15) is 0 Å². The molecule has 2 heterocycles. The van der Waals surface area contributed by atoms with Crippen molar-refractivity contribution < 1.29 is 14.3 Å². The van der Waals surface area contributed by atoms with Crippen LogP contribution < -0.4 is 5.73 Å². The molecule has 4 fully saturated rings. The van der Waals surface area contributed by atoms with Crippen molar-refractivity contribution >= 4 is 11.8 Å². The van der Waals surface area contributed by atoms with Gasteiger partial charge in [0.2, 0.25) is 5.91 Å². The van der Waals surface area contributed by atoms with Crippen molar-refractivity contribution in [2.75, 3.05) is 32.8 Å². The van der Waals surface area contributed by atoms with E-state index in [0.29, 0.717) is 44.6 Å². The van der Waals surface area contributed by atoms with Gasteiger partial charge in [-0.05, 0) is 43.9 Å². The third-order valence-electron chi connectivity index (χ3n) is 6.37. The van der Waals surface area contributed by atoms with Gasteiger partial charge in [0.05, 0.1) is 5.92 Å². The van der Waals surface area contributed by atoms with Gasteiger partial charge in [-0.15, -0.1) is 0 Å². The zero-order valence-corrected chi connectivity index (χ0v) is 13.7. The summed E-state index contributed by atoms with van der Waals surface area (Å²) in [5.41, 5.74) is 6.30. The molecule has 0 spiro atoms. The number of nitrogens with zero attached hydrogens (tertiary/aromatic N) is 2. The summed E-state index contributed by atoms with van der Waals surface area (Å²) in [4.78, 5) is 29.0. The first-order valence-corrected chi connectivity index (χ1v) is 9.10. The van der Waals surface area contributed by atoms with Gasteiger partial charge in [-0.1, -0.05) is 0 Å². The molecule has 128 valence electrons. The Labute approximate surface area is 137 Å². The van der Waals surface area contributed by atoms with Crippen LogP contribution in [0.2, 0.25) is 0 Å². The van der Waals surface area contributed by atoms with Crippen LogP contribution in [0.25, 0.3) is 0 Å². The summed E-state index contributed by atoms with van der Waals surface area (Å²) < 4.78 is 5.48. The van der Waals surface area contributed by atoms with Crippen molar-refractivity contribution in [2.24, 2.45) is 23.5 Å². The van der Waals surface area contributed by atoms with Crippen LogP contribution in [0.5, 0.6) is 0 Å². The van der Waals surface area contributed by atoms with E-state index in [2.05, 4.69) is 0 Å². The van der Waals surface area contributed by atoms with E-state index >= 15 is 0 Å². The van der Waals surface area contributed by atoms with Gasteiger partial charge in [0.1, 0.15) is 6.10 Å². The first-order valence-electron chi connectivity index (χ1n) is 9.10. The number of carbonyl (C=O) groups is 2. The normalized spacial score (nSPS) is 40.0. The van der Waals surface area contributed by atoms with Crippen LogP contribution in [0.4, 0.5) is 0 Å². The van der Waals surface area contributed by atoms with Gasteiger partial charge >= 0.3 is 0 Å². The lowest BCUT2D eigenvalue weighted by molar-refractivity contribution is -0.148. The van der Waals surface area contributed by atoms with Gasteiger partial charge in [0.15, 0.2) is 0 Å². The molecular weight excluding hydrogens is 294 g/mol. The number of fused-ring (bicyclic) bond motifs is 2. The molecule has 0 radical (unpaired) electrons. The summed E-state index contributed by atoms with van der Waals surface area (Å²) in [6.07, 6.45) is 5.03. The van der Waals surface area contributed by atoms with Gasteiger partial charge in [0, 0.05) is 38.8 Å². The molecule has 4 rings (SSSR count). The van der Waals surface area contributed by atoms with E-state index in [0.717, 1.165) is 25.7 Å². The highest BCUT2D eigenvalue weighted by Gasteiger charge is 2.50. The average molecular weight is 321 g/mol. The maximum absolute atomic E-state index is 12.9. The highest BCUT2D eigenvalue weighted by Crippen LogP contribution is 2.48. The lowest BCUT2D eigenvalue weighted by Gasteiger charge is -2.39. The quantitative estimate of drug-likeness (QED) is 0.789. The minimum atomic E-state index is -0.253. The second-order valence-electron chi connectivity index (χ2n) is 7.59. The van der Waals surface area contributed by atoms with Crippen molar-refractivity contribution in [1.29, 1.82) is 0 Å². The lowest BCUT2D eigenvalue weighted by atomic mass is 9.84. The predicted molar refractivity (Wildman–Crippen MR) is 84.4 cm³/mol. The number of piperazine rings is 1. The number of rotatable bonds is 2. The van der Waals surface area contributed by atoms with Crippen molar-refractivity contribution in [3.63, 3.8) is 0 Å². The van der Waals surface area contributed by atoms with E-state index in [9.17, 15) is 9.59 Å². The summed E-state index contributed by atoms with van der Waals surface area (Å²) in [7, 11) is 0. The number of amides is 2. The van der Waals surface area contributed by atoms with E-state index in [1.165, 1.54) is 6.42 Å². The molecule has 6 nitrogen and oxygen atoms in total. The molecule has 5 unspecified atom stereocenters. The maximum atomic E-state index is 12.9. The average Bonchev–Trinajstić information content (AvgIpc) is 3.31. The van der Waals surface area contributed by atoms with Crippen molar-refractivity contribution in [3.05, 3.63) is 0 Å². The van der Waals surface area contributed by atoms with Crippen LogP contribution in [0.1, 0.15) is 32.1 Å². The smallest absolute Gasteiger partial charge is 0.251 e. The van der Waals surface area contributed by atoms with Gasteiger partial charge in [-0.25, -0.2) is 0 Å². The highest BCUT2D eigenvalue weighted by atomic mass is 16.5.